The van der Waals surface area contributed by atoms with E-state index in [1.165, 1.54) is 66.2 Å². The summed E-state index contributed by atoms with van der Waals surface area (Å²) in [4.78, 5) is 10.5. The van der Waals surface area contributed by atoms with Crippen molar-refractivity contribution < 1.29 is 0 Å². The standard InChI is InChI=1S/C29H44N4/c1-22(2)26-12-8-13-27(23(3)4)29(26)33-19-17-31(21-33)15-9-14-30-16-18-32(20-30)28-24(5)10-7-11-25(28)6/h7-8,10-13,22-23H,9,14-21H2,1-6H3. The first kappa shape index (κ1) is 24.1. The lowest BCUT2D eigenvalue weighted by Gasteiger charge is -2.28. The van der Waals surface area contributed by atoms with Crippen molar-refractivity contribution in [3.8, 4) is 0 Å². The lowest BCUT2D eigenvalue weighted by atomic mass is 9.92. The first-order valence-corrected chi connectivity index (χ1v) is 13.0. The van der Waals surface area contributed by atoms with Gasteiger partial charge in [0.2, 0.25) is 0 Å². The van der Waals surface area contributed by atoms with Crippen LogP contribution < -0.4 is 9.80 Å². The number of aryl methyl sites for hydroxylation is 2. The van der Waals surface area contributed by atoms with Gasteiger partial charge in [-0.15, -0.1) is 0 Å². The van der Waals surface area contributed by atoms with Crippen molar-refractivity contribution in [2.75, 3.05) is 62.4 Å². The van der Waals surface area contributed by atoms with E-state index in [-0.39, 0.29) is 0 Å². The molecule has 0 aromatic heterocycles. The number of anilines is 2. The van der Waals surface area contributed by atoms with Crippen LogP contribution in [0.25, 0.3) is 0 Å². The monoisotopic (exact) mass is 448 g/mol. The first-order chi connectivity index (χ1) is 15.8. The van der Waals surface area contributed by atoms with Crippen molar-refractivity contribution in [1.82, 2.24) is 9.80 Å². The molecule has 0 unspecified atom stereocenters. The normalized spacial score (nSPS) is 17.8. The van der Waals surface area contributed by atoms with E-state index in [1.54, 1.807) is 0 Å². The van der Waals surface area contributed by atoms with E-state index in [0.717, 1.165) is 26.4 Å². The van der Waals surface area contributed by atoms with Gasteiger partial charge in [-0.3, -0.25) is 9.80 Å². The lowest BCUT2D eigenvalue weighted by molar-refractivity contribution is 0.283. The summed E-state index contributed by atoms with van der Waals surface area (Å²) in [5.41, 5.74) is 8.76. The maximum atomic E-state index is 2.65. The molecule has 2 fully saturated rings. The second-order valence-electron chi connectivity index (χ2n) is 10.7. The summed E-state index contributed by atoms with van der Waals surface area (Å²) in [5, 5.41) is 0. The summed E-state index contributed by atoms with van der Waals surface area (Å²) >= 11 is 0. The molecule has 2 aliphatic heterocycles. The Bertz CT molecular complexity index is 889. The quantitative estimate of drug-likeness (QED) is 0.506. The molecular weight excluding hydrogens is 404 g/mol. The van der Waals surface area contributed by atoms with Gasteiger partial charge in [-0.1, -0.05) is 64.1 Å². The fourth-order valence-corrected chi connectivity index (χ4v) is 5.72. The molecule has 0 atom stereocenters. The van der Waals surface area contributed by atoms with Crippen LogP contribution in [0.5, 0.6) is 0 Å². The van der Waals surface area contributed by atoms with E-state index in [2.05, 4.69) is 97.5 Å². The minimum absolute atomic E-state index is 0.558. The second kappa shape index (κ2) is 10.5. The number of nitrogens with zero attached hydrogens (tertiary/aromatic N) is 4. The fourth-order valence-electron chi connectivity index (χ4n) is 5.72. The topological polar surface area (TPSA) is 13.0 Å². The predicted octanol–water partition coefficient (Wildman–Crippen LogP) is 5.80. The third-order valence-corrected chi connectivity index (χ3v) is 7.48. The molecule has 0 bridgehead atoms. The van der Waals surface area contributed by atoms with Gasteiger partial charge >= 0.3 is 0 Å². The summed E-state index contributed by atoms with van der Waals surface area (Å²) in [5.74, 6) is 1.12. The van der Waals surface area contributed by atoms with Crippen molar-refractivity contribution in [2.45, 2.75) is 59.8 Å². The SMILES string of the molecule is Cc1cccc(C)c1N1CCN(CCCN2CCN(c3c(C(C)C)cccc3C(C)C)C2)C1. The molecule has 0 N–H and O–H groups in total. The Kier molecular flexibility index (Phi) is 7.65. The van der Waals surface area contributed by atoms with E-state index in [0.29, 0.717) is 11.8 Å². The molecular formula is C29H44N4. The van der Waals surface area contributed by atoms with Crippen LogP contribution in [0.2, 0.25) is 0 Å². The van der Waals surface area contributed by atoms with Gasteiger partial charge in [0.05, 0.1) is 13.3 Å². The van der Waals surface area contributed by atoms with Crippen molar-refractivity contribution in [2.24, 2.45) is 0 Å². The van der Waals surface area contributed by atoms with Crippen LogP contribution in [0.1, 0.15) is 68.2 Å². The molecule has 0 saturated carbocycles. The Morgan fingerprint density at radius 1 is 0.636 bits per heavy atom. The molecule has 2 heterocycles. The Morgan fingerprint density at radius 2 is 1.09 bits per heavy atom. The molecule has 0 radical (unpaired) electrons. The third-order valence-electron chi connectivity index (χ3n) is 7.48. The minimum Gasteiger partial charge on any atom is -0.357 e. The van der Waals surface area contributed by atoms with Gasteiger partial charge in [-0.2, -0.15) is 0 Å². The highest BCUT2D eigenvalue weighted by atomic mass is 15.4. The van der Waals surface area contributed by atoms with E-state index < -0.39 is 0 Å². The van der Waals surface area contributed by atoms with Gasteiger partial charge in [0.1, 0.15) is 0 Å². The van der Waals surface area contributed by atoms with Crippen LogP contribution in [-0.4, -0.2) is 62.4 Å². The van der Waals surface area contributed by atoms with Crippen LogP contribution in [0.15, 0.2) is 36.4 Å². The Balaban J connectivity index is 1.30. The van der Waals surface area contributed by atoms with E-state index in [1.807, 2.05) is 0 Å². The molecule has 0 aliphatic carbocycles. The summed E-state index contributed by atoms with van der Waals surface area (Å²) in [6.45, 7) is 23.0. The smallest absolute Gasteiger partial charge is 0.0708 e. The van der Waals surface area contributed by atoms with Crippen molar-refractivity contribution in [3.05, 3.63) is 58.7 Å². The number of para-hydroxylation sites is 2. The van der Waals surface area contributed by atoms with Crippen LogP contribution >= 0.6 is 0 Å². The zero-order valence-corrected chi connectivity index (χ0v) is 21.8. The molecule has 0 spiro atoms. The summed E-state index contributed by atoms with van der Waals surface area (Å²) in [7, 11) is 0. The first-order valence-electron chi connectivity index (χ1n) is 13.0. The average Bonchev–Trinajstić information content (AvgIpc) is 3.43. The molecule has 180 valence electrons. The van der Waals surface area contributed by atoms with Crippen molar-refractivity contribution >= 4 is 11.4 Å². The molecule has 2 saturated heterocycles. The molecule has 4 rings (SSSR count). The maximum absolute atomic E-state index is 2.65. The third kappa shape index (κ3) is 5.38. The predicted molar refractivity (Wildman–Crippen MR) is 143 cm³/mol. The summed E-state index contributed by atoms with van der Waals surface area (Å²) in [6.07, 6.45) is 1.25. The Labute approximate surface area is 202 Å². The molecule has 4 nitrogen and oxygen atoms in total. The molecule has 0 amide bonds. The zero-order valence-electron chi connectivity index (χ0n) is 21.8. The summed E-state index contributed by atoms with van der Waals surface area (Å²) in [6, 6.07) is 13.6. The van der Waals surface area contributed by atoms with Crippen LogP contribution in [0, 0.1) is 13.8 Å². The second-order valence-corrected chi connectivity index (χ2v) is 10.7. The number of rotatable bonds is 8. The van der Waals surface area contributed by atoms with E-state index >= 15 is 0 Å². The van der Waals surface area contributed by atoms with Crippen molar-refractivity contribution in [3.63, 3.8) is 0 Å². The number of hydrogen-bond donors (Lipinski definition) is 0. The number of hydrogen-bond acceptors (Lipinski definition) is 4. The van der Waals surface area contributed by atoms with Crippen molar-refractivity contribution in [1.29, 1.82) is 0 Å². The highest BCUT2D eigenvalue weighted by Crippen LogP contribution is 2.36. The highest BCUT2D eigenvalue weighted by Gasteiger charge is 2.26. The molecule has 2 aliphatic rings. The average molecular weight is 449 g/mol. The molecule has 33 heavy (non-hydrogen) atoms. The minimum atomic E-state index is 0.558. The van der Waals surface area contributed by atoms with E-state index in [4.69, 9.17) is 0 Å². The molecule has 4 heteroatoms. The highest BCUT2D eigenvalue weighted by molar-refractivity contribution is 5.62. The largest absolute Gasteiger partial charge is 0.357 e. The summed E-state index contributed by atoms with van der Waals surface area (Å²) < 4.78 is 0. The Morgan fingerprint density at radius 3 is 1.58 bits per heavy atom. The molecule has 2 aromatic carbocycles. The Hall–Kier alpha value is -2.04. The van der Waals surface area contributed by atoms with Crippen LogP contribution in [-0.2, 0) is 0 Å². The maximum Gasteiger partial charge on any atom is 0.0708 e. The van der Waals surface area contributed by atoms with Gasteiger partial charge in [0.25, 0.3) is 0 Å². The van der Waals surface area contributed by atoms with Gasteiger partial charge in [-0.05, 0) is 54.4 Å². The number of benzene rings is 2. The van der Waals surface area contributed by atoms with Gasteiger partial charge < -0.3 is 9.80 Å². The van der Waals surface area contributed by atoms with E-state index in [9.17, 15) is 0 Å². The van der Waals surface area contributed by atoms with Gasteiger partial charge in [0.15, 0.2) is 0 Å². The molecule has 2 aromatic rings. The fraction of sp³-hybridized carbons (Fsp3) is 0.586. The lowest BCUT2D eigenvalue weighted by Crippen LogP contribution is -2.31. The van der Waals surface area contributed by atoms with Crippen LogP contribution in [0.3, 0.4) is 0 Å². The van der Waals surface area contributed by atoms with Crippen LogP contribution in [0.4, 0.5) is 11.4 Å². The van der Waals surface area contributed by atoms with Gasteiger partial charge in [-0.25, -0.2) is 0 Å². The van der Waals surface area contributed by atoms with Gasteiger partial charge in [0, 0.05) is 50.6 Å². The zero-order chi connectivity index (χ0) is 23.5.